The quantitative estimate of drug-likeness (QED) is 0.567. The molecule has 0 aromatic rings. The summed E-state index contributed by atoms with van der Waals surface area (Å²) in [6.45, 7) is 8.45. The van der Waals surface area contributed by atoms with Gasteiger partial charge in [0.1, 0.15) is 0 Å². The van der Waals surface area contributed by atoms with Crippen LogP contribution in [0.2, 0.25) is 0 Å². The minimum absolute atomic E-state index is 0. The zero-order chi connectivity index (χ0) is 6.41. The van der Waals surface area contributed by atoms with Crippen molar-refractivity contribution in [2.24, 2.45) is 0 Å². The van der Waals surface area contributed by atoms with Crippen LogP contribution >= 0.6 is 0 Å². The van der Waals surface area contributed by atoms with Crippen LogP contribution in [0.4, 0.5) is 0 Å². The summed E-state index contributed by atoms with van der Waals surface area (Å²) in [4.78, 5) is 0. The van der Waals surface area contributed by atoms with Gasteiger partial charge in [-0.2, -0.15) is 13.3 Å². The Kier molecular flexibility index (Phi) is 24.8. The maximum absolute atomic E-state index is 5.14. The van der Waals surface area contributed by atoms with E-state index in [4.69, 9.17) is 4.74 Å². The van der Waals surface area contributed by atoms with Crippen LogP contribution in [-0.2, 0) is 70.2 Å². The summed E-state index contributed by atoms with van der Waals surface area (Å²) in [6.07, 6.45) is 3.25. The van der Waals surface area contributed by atoms with Crippen LogP contribution in [0.15, 0.2) is 0 Å². The predicted octanol–water partition coefficient (Wildman–Crippen LogP) is 1.83. The number of hydrogen-bond donors (Lipinski definition) is 0. The van der Waals surface area contributed by atoms with Gasteiger partial charge < -0.3 is 18.1 Å². The van der Waals surface area contributed by atoms with Gasteiger partial charge in [-0.25, -0.2) is 0 Å². The summed E-state index contributed by atoms with van der Waals surface area (Å²) in [5, 5.41) is 0. The minimum Gasteiger partial charge on any atom is -0.413 e. The van der Waals surface area contributed by atoms with Gasteiger partial charge in [0.2, 0.25) is 0 Å². The average Bonchev–Trinajstić information content (AvgIpc) is 1.66. The van der Waals surface area contributed by atoms with Gasteiger partial charge in [-0.1, -0.05) is 13.0 Å². The summed E-state index contributed by atoms with van der Waals surface area (Å²) >= 11 is 0. The van der Waals surface area contributed by atoms with E-state index in [-0.39, 0.29) is 71.5 Å². The number of unbranched alkanes of at least 4 members (excludes halogenated alkanes) is 1. The smallest absolute Gasteiger partial charge is 0.0164 e. The van der Waals surface area contributed by atoms with Gasteiger partial charge in [0.05, 0.1) is 0 Å². The second kappa shape index (κ2) is 13.7. The van der Waals surface area contributed by atoms with Gasteiger partial charge in [-0.05, 0) is 0 Å². The first-order valence-electron chi connectivity index (χ1n) is 3.00. The van der Waals surface area contributed by atoms with E-state index in [2.05, 4.69) is 13.3 Å². The van der Waals surface area contributed by atoms with E-state index in [0.717, 1.165) is 13.0 Å². The van der Waals surface area contributed by atoms with Crippen molar-refractivity contribution < 1.29 is 70.2 Å². The second-order valence-corrected chi connectivity index (χ2v) is 1.88. The molecule has 1 nitrogen and oxygen atoms in total. The van der Waals surface area contributed by atoms with Gasteiger partial charge in [-0.15, -0.1) is 0 Å². The average molecular weight is 292 g/mol. The summed E-state index contributed by atoms with van der Waals surface area (Å²) in [7, 11) is 0. The zero-order valence-electron chi connectivity index (χ0n) is 6.84. The maximum atomic E-state index is 5.14. The van der Waals surface area contributed by atoms with Crippen LogP contribution < -0.4 is 0 Å². The molecular weight excluding hydrogens is 278 g/mol. The fourth-order valence-corrected chi connectivity index (χ4v) is 0.387. The van der Waals surface area contributed by atoms with Crippen molar-refractivity contribution in [2.45, 2.75) is 26.4 Å². The molecule has 10 heavy (non-hydrogen) atoms. The normalized spacial score (nSPS) is 11.1. The molecule has 0 spiro atoms. The van der Waals surface area contributed by atoms with Gasteiger partial charge in [0.25, 0.3) is 0 Å². The topological polar surface area (TPSA) is 9.23 Å². The van der Waals surface area contributed by atoms with Crippen molar-refractivity contribution in [1.82, 2.24) is 0 Å². The molecule has 0 rings (SSSR count). The van der Waals surface area contributed by atoms with Crippen LogP contribution in [0.3, 0.4) is 0 Å². The Labute approximate surface area is 115 Å². The molecule has 0 bridgehead atoms. The maximum Gasteiger partial charge on any atom is 0.0164 e. The summed E-state index contributed by atoms with van der Waals surface area (Å²) in [5.74, 6) is 0. The molecule has 0 aromatic heterocycles. The molecule has 0 amide bonds. The molecule has 3 heteroatoms. The number of hydrogen-bond acceptors (Lipinski definition) is 1. The second-order valence-electron chi connectivity index (χ2n) is 1.88. The van der Waals surface area contributed by atoms with E-state index in [1.165, 1.54) is 0 Å². The van der Waals surface area contributed by atoms with Crippen molar-refractivity contribution in [2.75, 3.05) is 6.61 Å². The molecule has 0 aliphatic carbocycles. The van der Waals surface area contributed by atoms with E-state index >= 15 is 0 Å². The van der Waals surface area contributed by atoms with Gasteiger partial charge in [0.15, 0.2) is 0 Å². The summed E-state index contributed by atoms with van der Waals surface area (Å²) < 4.78 is 5.14. The third-order valence-electron chi connectivity index (χ3n) is 0.809. The Hall–Kier alpha value is 2.17. The third-order valence-corrected chi connectivity index (χ3v) is 0.809. The molecule has 2 radical (unpaired) electrons. The number of ether oxygens (including phenoxy) is 1. The Bertz CT molecular complexity index is 48.9. The molecule has 0 aliphatic heterocycles. The molecule has 56 valence electrons. The molecule has 0 N–H and O–H groups in total. The molecular formula is C7H14OY2-2. The van der Waals surface area contributed by atoms with E-state index in [9.17, 15) is 0 Å². The molecule has 0 saturated carbocycles. The first-order chi connectivity index (χ1) is 3.77. The molecule has 0 aromatic carbocycles. The van der Waals surface area contributed by atoms with Gasteiger partial charge in [-0.3, -0.25) is 0 Å². The van der Waals surface area contributed by atoms with E-state index in [1.807, 2.05) is 13.8 Å². The summed E-state index contributed by atoms with van der Waals surface area (Å²) in [6, 6.07) is 0. The Morgan fingerprint density at radius 3 is 2.30 bits per heavy atom. The standard InChI is InChI=1S/C7H14O.2Y/c1-4-5-6-8-7(2)3;;/h4,7H,2,5-6H2,1,3H3;;/q-2;;/t7-;;/m1../s1. The molecule has 0 fully saturated rings. The predicted molar refractivity (Wildman–Crippen MR) is 35.4 cm³/mol. The minimum atomic E-state index is 0. The fraction of sp³-hybridized carbons (Fsp3) is 0.714. The van der Waals surface area contributed by atoms with Crippen molar-refractivity contribution in [3.63, 3.8) is 0 Å². The Balaban J connectivity index is -0.000000245. The van der Waals surface area contributed by atoms with Crippen molar-refractivity contribution in [1.29, 1.82) is 0 Å². The third kappa shape index (κ3) is 16.6. The van der Waals surface area contributed by atoms with Crippen molar-refractivity contribution in [3.05, 3.63) is 13.3 Å². The van der Waals surface area contributed by atoms with Crippen LogP contribution in [0.5, 0.6) is 0 Å². The first-order valence-corrected chi connectivity index (χ1v) is 3.00. The monoisotopic (exact) mass is 292 g/mol. The van der Waals surface area contributed by atoms with E-state index in [1.54, 1.807) is 0 Å². The molecule has 0 aliphatic rings. The van der Waals surface area contributed by atoms with Crippen molar-refractivity contribution in [3.8, 4) is 0 Å². The SMILES string of the molecule is [CH2-][C@H](C)OCC[CH-]C.[Y].[Y]. The molecule has 0 unspecified atom stereocenters. The fourth-order valence-electron chi connectivity index (χ4n) is 0.387. The van der Waals surface area contributed by atoms with Crippen LogP contribution in [0.1, 0.15) is 20.3 Å². The van der Waals surface area contributed by atoms with Gasteiger partial charge >= 0.3 is 0 Å². The molecule has 1 atom stereocenters. The molecule has 0 heterocycles. The Morgan fingerprint density at radius 1 is 1.50 bits per heavy atom. The largest absolute Gasteiger partial charge is 0.413 e. The van der Waals surface area contributed by atoms with Crippen molar-refractivity contribution >= 4 is 0 Å². The number of rotatable bonds is 4. The van der Waals surface area contributed by atoms with Crippen LogP contribution in [0.25, 0.3) is 0 Å². The van der Waals surface area contributed by atoms with Gasteiger partial charge in [0, 0.05) is 72.0 Å². The Morgan fingerprint density at radius 2 is 2.00 bits per heavy atom. The van der Waals surface area contributed by atoms with E-state index in [0.29, 0.717) is 0 Å². The zero-order valence-corrected chi connectivity index (χ0v) is 12.5. The molecule has 0 saturated heterocycles. The van der Waals surface area contributed by atoms with Crippen LogP contribution in [0, 0.1) is 13.3 Å². The van der Waals surface area contributed by atoms with Crippen LogP contribution in [-0.4, -0.2) is 12.7 Å². The first kappa shape index (κ1) is 18.1. The van der Waals surface area contributed by atoms with E-state index < -0.39 is 0 Å². The summed E-state index contributed by atoms with van der Waals surface area (Å²) in [5.41, 5.74) is 0.